The largest absolute Gasteiger partial charge is 0.367 e. The smallest absolute Gasteiger partial charge is 0.162 e. The molecular weight excluding hydrogens is 1130 g/mol. The van der Waals surface area contributed by atoms with Crippen molar-refractivity contribution in [3.05, 3.63) is 155 Å². The van der Waals surface area contributed by atoms with E-state index >= 15 is 0 Å². The lowest BCUT2D eigenvalue weighted by Crippen LogP contribution is -2.38. The molecule has 15 nitrogen and oxygen atoms in total. The Balaban J connectivity index is 0.000000183. The van der Waals surface area contributed by atoms with Gasteiger partial charge in [-0.3, -0.25) is 14.7 Å². The number of nitrogens with zero attached hydrogens (tertiary/aromatic N) is 12. The maximum Gasteiger partial charge on any atom is 0.162 e. The van der Waals surface area contributed by atoms with E-state index in [-0.39, 0.29) is 111 Å². The van der Waals surface area contributed by atoms with Crippen molar-refractivity contribution < 1.29 is 46.7 Å². The molecule has 0 aliphatic carbocycles. The molecule has 3 aliphatic rings. The number of nitriles is 3. The van der Waals surface area contributed by atoms with Gasteiger partial charge in [0.25, 0.3) is 0 Å². The van der Waals surface area contributed by atoms with Gasteiger partial charge in [0.1, 0.15) is 55.0 Å². The number of likely N-dealkylation sites (tertiary alicyclic amines) is 3. The second-order valence-corrected chi connectivity index (χ2v) is 21.7. The van der Waals surface area contributed by atoms with Crippen LogP contribution in [0.3, 0.4) is 0 Å². The molecule has 3 aromatic carbocycles. The van der Waals surface area contributed by atoms with Crippen LogP contribution in [-0.4, -0.2) is 102 Å². The van der Waals surface area contributed by atoms with Crippen LogP contribution in [0.2, 0.25) is 17.2 Å². The molecule has 0 spiro atoms. The minimum absolute atomic E-state index is 0.00920. The van der Waals surface area contributed by atoms with Crippen molar-refractivity contribution in [2.75, 3.05) is 55.0 Å². The maximum atomic E-state index is 9.39. The third kappa shape index (κ3) is 14.9. The quantitative estimate of drug-likeness (QED) is 0.104. The maximum absolute atomic E-state index is 9.39. The summed E-state index contributed by atoms with van der Waals surface area (Å²) < 4.78 is 291. The van der Waals surface area contributed by atoms with Gasteiger partial charge in [-0.1, -0.05) is 71.2 Å². The fraction of sp³-hybridized carbons (Fsp3) is 0.350. The first-order valence-corrected chi connectivity index (χ1v) is 27.1. The van der Waals surface area contributed by atoms with Crippen LogP contribution >= 0.6 is 68.8 Å². The van der Waals surface area contributed by atoms with Crippen molar-refractivity contribution in [2.24, 2.45) is 0 Å². The number of fused-ring (bicyclic) bond motifs is 3. The van der Waals surface area contributed by atoms with Crippen LogP contribution in [0.5, 0.6) is 0 Å². The topological polar surface area (TPSA) is 195 Å². The fourth-order valence-corrected chi connectivity index (χ4v) is 10.2. The molecule has 0 amide bonds. The molecule has 9 heterocycles. The highest BCUT2D eigenvalue weighted by Gasteiger charge is 2.24. The lowest BCUT2D eigenvalue weighted by molar-refractivity contribution is 0.211. The van der Waals surface area contributed by atoms with E-state index in [0.29, 0.717) is 38.2 Å². The monoisotopic (exact) mass is 1230 g/mol. The molecule has 3 saturated heterocycles. The van der Waals surface area contributed by atoms with Crippen molar-refractivity contribution in [3.63, 3.8) is 0 Å². The van der Waals surface area contributed by atoms with Crippen LogP contribution in [0, 0.1) is 54.8 Å². The molecule has 0 bridgehead atoms. The summed E-state index contributed by atoms with van der Waals surface area (Å²) in [6.07, 6.45) is -16.9. The van der Waals surface area contributed by atoms with Crippen LogP contribution < -0.4 is 15.9 Å². The van der Waals surface area contributed by atoms with Gasteiger partial charge in [-0.15, -0.1) is 34.0 Å². The number of aromatic nitrogens is 6. The average Bonchev–Trinajstić information content (AvgIpc) is 0.975. The Morgan fingerprint density at radius 2 is 0.975 bits per heavy atom. The van der Waals surface area contributed by atoms with E-state index in [1.807, 2.05) is 18.2 Å². The number of nitrogens with one attached hydrogen (secondary N) is 3. The molecule has 21 heteroatoms. The molecule has 0 saturated carbocycles. The van der Waals surface area contributed by atoms with Crippen LogP contribution in [0.1, 0.15) is 131 Å². The Morgan fingerprint density at radius 1 is 0.568 bits per heavy atom. The van der Waals surface area contributed by atoms with Gasteiger partial charge in [-0.2, -0.15) is 15.8 Å². The van der Waals surface area contributed by atoms with Gasteiger partial charge >= 0.3 is 0 Å². The summed E-state index contributed by atoms with van der Waals surface area (Å²) in [5.41, 5.74) is 1.29. The van der Waals surface area contributed by atoms with Gasteiger partial charge in [0.2, 0.25) is 0 Å². The van der Waals surface area contributed by atoms with E-state index < -0.39 is 157 Å². The lowest BCUT2D eigenvalue weighted by atomic mass is 10.0. The zero-order valence-corrected chi connectivity index (χ0v) is 46.8. The number of aryl methyl sites for hydroxylation is 2. The first-order valence-electron chi connectivity index (χ1n) is 40.4. The van der Waals surface area contributed by atoms with E-state index in [9.17, 15) is 15.8 Å². The number of piperidine rings is 3. The minimum atomic E-state index is -3.92. The van der Waals surface area contributed by atoms with E-state index in [1.165, 1.54) is 36.4 Å². The Bertz CT molecular complexity index is 5480. The highest BCUT2D eigenvalue weighted by atomic mass is 35.5. The van der Waals surface area contributed by atoms with E-state index in [0.717, 1.165) is 39.7 Å². The molecule has 1 atom stereocenters. The zero-order chi connectivity index (χ0) is 86.7. The summed E-state index contributed by atoms with van der Waals surface area (Å²) in [4.78, 5) is 24.2. The van der Waals surface area contributed by atoms with Crippen LogP contribution in [0.4, 0.5) is 17.5 Å². The number of anilines is 3. The third-order valence-corrected chi connectivity index (χ3v) is 14.6. The number of hydrogen-bond donors (Lipinski definition) is 3. The molecule has 3 fully saturated rings. The van der Waals surface area contributed by atoms with Crippen LogP contribution in [0.15, 0.2) is 91.6 Å². The molecule has 3 N–H and O–H groups in total. The lowest BCUT2D eigenvalue weighted by Gasteiger charge is -2.32. The van der Waals surface area contributed by atoms with Crippen LogP contribution in [0.25, 0.3) is 30.6 Å². The van der Waals surface area contributed by atoms with Crippen LogP contribution in [-0.2, 0) is 19.5 Å². The summed E-state index contributed by atoms with van der Waals surface area (Å²) in [6.45, 7) is -17.2. The molecule has 0 radical (unpaired) electrons. The molecule has 12 rings (SSSR count). The first-order chi connectivity index (χ1) is 52.5. The number of rotatable bonds is 12. The SMILES string of the molecule is [2H]c1nc(N([2H])C2([2H])C([2H])([2H])C([2H])([2H])N(C([2H])([2H])c3ccc(C)c(C#N)c3)C([2H])([2H])C2([2H])[2H])c2c([2H])c(Cl)sc2n1.[2H]c1nc(N([2H])C2([2H])C([2H])([2H])CN(C([2H])c3cc([2H])c(C)c(C#N)c3)CC2([2H])[2H])c2c([2H])c(Cl)sc2n1.[2H]c1nc(N([2H])C2([2H])CC([2H])([2H])N(C([2H])([2H])c3ccc(C)c(C#N)c3)C([2H])([2H])C2)c2c([2H])c(Cl)sc2n1. The summed E-state index contributed by atoms with van der Waals surface area (Å²) >= 11 is 20.5. The normalized spacial score (nSPS) is 28.7. The molecule has 1 unspecified atom stereocenters. The van der Waals surface area contributed by atoms with Gasteiger partial charge in [-0.05, 0) is 129 Å². The predicted octanol–water partition coefficient (Wildman–Crippen LogP) is 13.8. The highest BCUT2D eigenvalue weighted by Crippen LogP contribution is 2.35. The van der Waals surface area contributed by atoms with Crippen molar-refractivity contribution >= 4 is 117 Å². The number of benzene rings is 3. The van der Waals surface area contributed by atoms with Gasteiger partial charge in [0, 0.05) is 105 Å². The number of hydrogen-bond acceptors (Lipinski definition) is 18. The first kappa shape index (κ1) is 29.1. The molecule has 3 aliphatic heterocycles. The summed E-state index contributed by atoms with van der Waals surface area (Å²) in [5, 5.41) is 28.1. The third-order valence-electron chi connectivity index (χ3n) is 11.3. The minimum Gasteiger partial charge on any atom is -0.367 e. The average molecular weight is 1230 g/mol. The van der Waals surface area contributed by atoms with E-state index in [4.69, 9.17) is 81.5 Å². The van der Waals surface area contributed by atoms with Crippen molar-refractivity contribution in [1.82, 2.24) is 44.6 Å². The molecule has 414 valence electrons. The van der Waals surface area contributed by atoms with Crippen molar-refractivity contribution in [3.8, 4) is 18.2 Å². The Hall–Kier alpha value is -6.60. The van der Waals surface area contributed by atoms with E-state index in [1.54, 1.807) is 20.8 Å². The van der Waals surface area contributed by atoms with Gasteiger partial charge in [0.05, 0.1) is 73.7 Å². The Kier molecular flexibility index (Phi) is 9.69. The standard InChI is InChI=1S/3C20H20ClN5S/c3*1-13-2-3-14(8-15(13)10-22)11-26-6-4-16(5-7-26)25-19-17-9-18(21)27-20(17)24-12-23-19/h3*2-3,8-9,12,16H,4-7,11H2,1H3,(H,23,24,25)/i4D2,5D2,6D2,7D2,9D,11D2,12D,16D;2D,4D2,5D2,9D,11D,12D,16D;6D2,7D2,9D,11D2,12D,16D/hD3. The second kappa shape index (κ2) is 27.0. The highest BCUT2D eigenvalue weighted by molar-refractivity contribution is 7.23. The molecule has 9 aromatic rings. The number of halogens is 3. The Morgan fingerprint density at radius 3 is 1.43 bits per heavy atom. The second-order valence-electron chi connectivity index (χ2n) is 16.9. The van der Waals surface area contributed by atoms with Crippen molar-refractivity contribution in [2.45, 2.75) is 96.7 Å². The summed E-state index contributed by atoms with van der Waals surface area (Å²) in [5.74, 6) is -1.72. The summed E-state index contributed by atoms with van der Waals surface area (Å²) in [6, 6.07) is 5.92. The number of thiophene rings is 3. The Labute approximate surface area is 547 Å². The molecular formula is C60H60Cl3N15S3. The van der Waals surface area contributed by atoms with Gasteiger partial charge in [0.15, 0.2) is 4.24 Å². The van der Waals surface area contributed by atoms with Gasteiger partial charge in [-0.25, -0.2) is 29.9 Å². The predicted molar refractivity (Wildman–Crippen MR) is 331 cm³/mol. The molecule has 81 heavy (non-hydrogen) atoms. The zero-order valence-electron chi connectivity index (χ0n) is 76.1. The van der Waals surface area contributed by atoms with E-state index in [2.05, 4.69) is 29.9 Å². The summed E-state index contributed by atoms with van der Waals surface area (Å²) in [7, 11) is 0. The molecule has 6 aromatic heterocycles. The van der Waals surface area contributed by atoms with Crippen molar-refractivity contribution in [1.29, 1.82) is 15.8 Å². The van der Waals surface area contributed by atoms with Gasteiger partial charge < -0.3 is 15.9 Å². The fourth-order valence-electron chi connectivity index (χ4n) is 7.27.